The number of nitrogens with zero attached hydrogens (tertiary/aromatic N) is 2. The first-order chi connectivity index (χ1) is 14.2. The van der Waals surface area contributed by atoms with Gasteiger partial charge < -0.3 is 5.11 Å². The molecule has 30 heavy (non-hydrogen) atoms. The van der Waals surface area contributed by atoms with Crippen molar-refractivity contribution in [3.05, 3.63) is 87.4 Å². The Morgan fingerprint density at radius 2 is 1.80 bits per heavy atom. The third kappa shape index (κ3) is 4.09. The molecule has 0 amide bonds. The third-order valence-corrected chi connectivity index (χ3v) is 6.63. The summed E-state index contributed by atoms with van der Waals surface area (Å²) in [6.07, 6.45) is 0.505. The first-order valence-corrected chi connectivity index (χ1v) is 11.7. The van der Waals surface area contributed by atoms with Crippen LogP contribution in [0.4, 0.5) is 5.69 Å². The number of nitrogens with two attached hydrogens (primary N) is 1. The number of primary sulfonamides is 1. The minimum Gasteiger partial charge on any atom is -0.508 e. The number of anilines is 1. The number of halogens is 2. The van der Waals surface area contributed by atoms with Crippen LogP contribution in [0.3, 0.4) is 0 Å². The van der Waals surface area contributed by atoms with Gasteiger partial charge in [-0.25, -0.2) is 13.6 Å². The van der Waals surface area contributed by atoms with Gasteiger partial charge in [0.1, 0.15) is 5.75 Å². The second-order valence-electron chi connectivity index (χ2n) is 6.83. The minimum atomic E-state index is -3.80. The monoisotopic (exact) mass is 505 g/mol. The summed E-state index contributed by atoms with van der Waals surface area (Å²) in [4.78, 5) is 0.0163. The van der Waals surface area contributed by atoms with E-state index in [4.69, 9.17) is 21.8 Å². The zero-order chi connectivity index (χ0) is 21.5. The fourth-order valence-corrected chi connectivity index (χ4v) is 4.57. The molecule has 3 N–H and O–H groups in total. The van der Waals surface area contributed by atoms with Gasteiger partial charge in [0.15, 0.2) is 0 Å². The lowest BCUT2D eigenvalue weighted by molar-refractivity contribution is 0.461. The molecule has 9 heteroatoms. The summed E-state index contributed by atoms with van der Waals surface area (Å²) in [7, 11) is -3.80. The number of phenols is 1. The summed E-state index contributed by atoms with van der Waals surface area (Å²) in [6, 6.07) is 18.5. The molecule has 154 valence electrons. The molecular weight excluding hydrogens is 490 g/mol. The van der Waals surface area contributed by atoms with E-state index in [0.717, 1.165) is 15.7 Å². The molecule has 0 radical (unpaired) electrons. The van der Waals surface area contributed by atoms with E-state index in [2.05, 4.69) is 15.9 Å². The molecule has 1 heterocycles. The van der Waals surface area contributed by atoms with Gasteiger partial charge >= 0.3 is 0 Å². The number of hydrogen-bond acceptors (Lipinski definition) is 5. The standard InChI is InChI=1S/C21H17BrClN3O3S/c22-13-5-10-21(27)17(11-13)20-12-19(16-3-1-2-4-18(16)23)25-26(20)14-6-8-15(9-7-14)30(24,28)29/h1-11,20,27H,12H2,(H2,24,28,29). The molecule has 1 atom stereocenters. The quantitative estimate of drug-likeness (QED) is 0.531. The van der Waals surface area contributed by atoms with Crippen molar-refractivity contribution in [1.29, 1.82) is 0 Å². The van der Waals surface area contributed by atoms with E-state index in [1.54, 1.807) is 35.3 Å². The second kappa shape index (κ2) is 8.03. The Labute approximate surface area is 187 Å². The number of aromatic hydroxyl groups is 1. The molecule has 0 saturated carbocycles. The fourth-order valence-electron chi connectivity index (χ4n) is 3.43. The number of hydrazone groups is 1. The van der Waals surface area contributed by atoms with Gasteiger partial charge in [-0.05, 0) is 48.5 Å². The smallest absolute Gasteiger partial charge is 0.238 e. The summed E-state index contributed by atoms with van der Waals surface area (Å²) in [5.74, 6) is 0.143. The molecule has 1 aliphatic rings. The highest BCUT2D eigenvalue weighted by Gasteiger charge is 2.32. The molecule has 0 spiro atoms. The van der Waals surface area contributed by atoms with Crippen molar-refractivity contribution in [3.8, 4) is 5.75 Å². The molecule has 4 rings (SSSR count). The molecule has 0 fully saturated rings. The van der Waals surface area contributed by atoms with Crippen molar-refractivity contribution >= 4 is 49.0 Å². The van der Waals surface area contributed by atoms with Crippen LogP contribution in [0.5, 0.6) is 5.75 Å². The highest BCUT2D eigenvalue weighted by molar-refractivity contribution is 9.10. The van der Waals surface area contributed by atoms with E-state index >= 15 is 0 Å². The average Bonchev–Trinajstić information content (AvgIpc) is 3.14. The van der Waals surface area contributed by atoms with Gasteiger partial charge in [-0.15, -0.1) is 0 Å². The van der Waals surface area contributed by atoms with Crippen LogP contribution in [-0.4, -0.2) is 19.2 Å². The molecule has 0 aromatic heterocycles. The Bertz CT molecular complexity index is 1250. The van der Waals surface area contributed by atoms with Crippen LogP contribution in [0.1, 0.15) is 23.6 Å². The number of sulfonamides is 1. The lowest BCUT2D eigenvalue weighted by Crippen LogP contribution is -2.19. The Morgan fingerprint density at radius 3 is 2.47 bits per heavy atom. The van der Waals surface area contributed by atoms with Crippen LogP contribution >= 0.6 is 27.5 Å². The average molecular weight is 507 g/mol. The molecule has 1 unspecified atom stereocenters. The van der Waals surface area contributed by atoms with Gasteiger partial charge in [0.2, 0.25) is 10.0 Å². The molecule has 3 aromatic rings. The number of benzene rings is 3. The van der Waals surface area contributed by atoms with Crippen LogP contribution in [0.2, 0.25) is 5.02 Å². The molecule has 0 saturated heterocycles. The molecule has 0 bridgehead atoms. The van der Waals surface area contributed by atoms with Crippen molar-refractivity contribution in [2.75, 3.05) is 5.01 Å². The summed E-state index contributed by atoms with van der Waals surface area (Å²) >= 11 is 9.84. The van der Waals surface area contributed by atoms with Gasteiger partial charge in [0.05, 0.1) is 22.3 Å². The third-order valence-electron chi connectivity index (χ3n) is 4.87. The highest BCUT2D eigenvalue weighted by Crippen LogP contribution is 2.41. The summed E-state index contributed by atoms with van der Waals surface area (Å²) in [6.45, 7) is 0. The molecule has 1 aliphatic heterocycles. The van der Waals surface area contributed by atoms with Crippen LogP contribution in [-0.2, 0) is 10.0 Å². The summed E-state index contributed by atoms with van der Waals surface area (Å²) in [5, 5.41) is 22.8. The first kappa shape index (κ1) is 20.9. The fraction of sp³-hybridized carbons (Fsp3) is 0.0952. The van der Waals surface area contributed by atoms with E-state index in [-0.39, 0.29) is 16.7 Å². The second-order valence-corrected chi connectivity index (χ2v) is 9.72. The molecule has 6 nitrogen and oxygen atoms in total. The number of rotatable bonds is 4. The van der Waals surface area contributed by atoms with E-state index in [0.29, 0.717) is 22.7 Å². The number of hydrogen-bond donors (Lipinski definition) is 2. The maximum absolute atomic E-state index is 11.6. The lowest BCUT2D eigenvalue weighted by atomic mass is 9.97. The Hall–Kier alpha value is -2.39. The van der Waals surface area contributed by atoms with E-state index in [9.17, 15) is 13.5 Å². The van der Waals surface area contributed by atoms with Crippen molar-refractivity contribution in [2.24, 2.45) is 10.2 Å². The van der Waals surface area contributed by atoms with Crippen molar-refractivity contribution in [1.82, 2.24) is 0 Å². The van der Waals surface area contributed by atoms with Crippen LogP contribution < -0.4 is 10.1 Å². The largest absolute Gasteiger partial charge is 0.508 e. The van der Waals surface area contributed by atoms with Gasteiger partial charge in [0.25, 0.3) is 0 Å². The zero-order valence-electron chi connectivity index (χ0n) is 15.5. The van der Waals surface area contributed by atoms with Gasteiger partial charge in [0, 0.05) is 27.0 Å². The van der Waals surface area contributed by atoms with E-state index < -0.39 is 10.0 Å². The Kier molecular flexibility index (Phi) is 5.59. The van der Waals surface area contributed by atoms with E-state index in [1.165, 1.54) is 12.1 Å². The SMILES string of the molecule is NS(=O)(=O)c1ccc(N2N=C(c3ccccc3Cl)CC2c2cc(Br)ccc2O)cc1. The van der Waals surface area contributed by atoms with Crippen LogP contribution in [0.15, 0.2) is 81.2 Å². The van der Waals surface area contributed by atoms with E-state index in [1.807, 2.05) is 24.3 Å². The lowest BCUT2D eigenvalue weighted by Gasteiger charge is -2.25. The zero-order valence-corrected chi connectivity index (χ0v) is 18.7. The van der Waals surface area contributed by atoms with Crippen molar-refractivity contribution in [2.45, 2.75) is 17.4 Å². The normalized spacial score (nSPS) is 16.6. The first-order valence-electron chi connectivity index (χ1n) is 8.97. The molecule has 3 aromatic carbocycles. The maximum Gasteiger partial charge on any atom is 0.238 e. The minimum absolute atomic E-state index is 0.0163. The summed E-state index contributed by atoms with van der Waals surface area (Å²) < 4.78 is 24.0. The topological polar surface area (TPSA) is 96.0 Å². The van der Waals surface area contributed by atoms with Gasteiger partial charge in [-0.2, -0.15) is 5.10 Å². The maximum atomic E-state index is 11.6. The Morgan fingerprint density at radius 1 is 1.10 bits per heavy atom. The molecular formula is C21H17BrClN3O3S. The predicted octanol–water partition coefficient (Wildman–Crippen LogP) is 4.81. The predicted molar refractivity (Wildman–Crippen MR) is 121 cm³/mol. The Balaban J connectivity index is 1.81. The van der Waals surface area contributed by atoms with Gasteiger partial charge in [-0.1, -0.05) is 45.7 Å². The summed E-state index contributed by atoms with van der Waals surface area (Å²) in [5.41, 5.74) is 2.92. The number of phenolic OH excluding ortho intramolecular Hbond substituents is 1. The van der Waals surface area contributed by atoms with Crippen LogP contribution in [0.25, 0.3) is 0 Å². The van der Waals surface area contributed by atoms with Crippen molar-refractivity contribution < 1.29 is 13.5 Å². The van der Waals surface area contributed by atoms with Crippen molar-refractivity contribution in [3.63, 3.8) is 0 Å². The molecule has 0 aliphatic carbocycles. The highest BCUT2D eigenvalue weighted by atomic mass is 79.9. The van der Waals surface area contributed by atoms with Gasteiger partial charge in [-0.3, -0.25) is 5.01 Å². The van der Waals surface area contributed by atoms with Crippen LogP contribution in [0, 0.1) is 0 Å².